The number of benzene rings is 1. The molecule has 0 unspecified atom stereocenters. The Hall–Kier alpha value is -1.40. The highest BCUT2D eigenvalue weighted by Gasteiger charge is 2.59. The molecule has 11 heteroatoms. The van der Waals surface area contributed by atoms with Crippen LogP contribution in [0.25, 0.3) is 0 Å². The van der Waals surface area contributed by atoms with Crippen molar-refractivity contribution in [1.82, 2.24) is 0 Å². The molecule has 0 saturated heterocycles. The first-order valence-electron chi connectivity index (χ1n) is 11.1. The number of hydrogen-bond donors (Lipinski definition) is 0. The summed E-state index contributed by atoms with van der Waals surface area (Å²) in [5.74, 6) is -0.0794. The van der Waals surface area contributed by atoms with Crippen LogP contribution in [-0.2, 0) is 38.6 Å². The zero-order valence-electron chi connectivity index (χ0n) is 19.2. The van der Waals surface area contributed by atoms with Crippen molar-refractivity contribution in [2.45, 2.75) is 78.4 Å². The van der Waals surface area contributed by atoms with Crippen LogP contribution in [0.5, 0.6) is 11.5 Å². The molecule has 0 aromatic heterocycles. The summed E-state index contributed by atoms with van der Waals surface area (Å²) in [6, 6.07) is 2.27. The van der Waals surface area contributed by atoms with E-state index in [4.69, 9.17) is 8.92 Å². The van der Waals surface area contributed by atoms with Crippen LogP contribution in [0.15, 0.2) is 12.1 Å². The minimum absolute atomic E-state index is 0.0552. The molecule has 0 spiro atoms. The lowest BCUT2D eigenvalue weighted by Gasteiger charge is -2.62. The fraction of sp³-hybridized carbons (Fsp3) is 0.727. The molecule has 0 N–H and O–H groups in total. The van der Waals surface area contributed by atoms with Crippen molar-refractivity contribution >= 4 is 20.8 Å². The van der Waals surface area contributed by atoms with Crippen LogP contribution >= 0.6 is 0 Å². The Morgan fingerprint density at radius 2 is 1.45 bits per heavy atom. The van der Waals surface area contributed by atoms with E-state index in [2.05, 4.69) is 25.0 Å². The van der Waals surface area contributed by atoms with E-state index in [1.807, 2.05) is 6.92 Å². The van der Waals surface area contributed by atoms with E-state index in [0.29, 0.717) is 17.9 Å². The molecule has 1 aliphatic heterocycles. The van der Waals surface area contributed by atoms with Gasteiger partial charge in [-0.25, -0.2) is 16.8 Å². The third-order valence-corrected chi connectivity index (χ3v) is 9.19. The first-order valence-corrected chi connectivity index (χ1v) is 13.8. The SMILES string of the molecule is CC1(C)CCC[C@]2(C)[C@H]3Cc4c(OS(=O)(=O)[O-])ccc(OS(=O)(=O)[O-])c4CO[C@]3(C)CC[C@@H]12. The maximum absolute atomic E-state index is 11.4. The van der Waals surface area contributed by atoms with Crippen LogP contribution in [-0.4, -0.2) is 31.5 Å². The van der Waals surface area contributed by atoms with E-state index in [1.54, 1.807) is 0 Å². The lowest BCUT2D eigenvalue weighted by atomic mass is 9.45. The van der Waals surface area contributed by atoms with E-state index in [9.17, 15) is 25.9 Å². The molecule has 4 atom stereocenters. The van der Waals surface area contributed by atoms with Gasteiger partial charge in [0.25, 0.3) is 20.8 Å². The van der Waals surface area contributed by atoms with Gasteiger partial charge in [0.2, 0.25) is 0 Å². The second kappa shape index (κ2) is 7.81. The fourth-order valence-electron chi connectivity index (χ4n) is 7.08. The van der Waals surface area contributed by atoms with Gasteiger partial charge < -0.3 is 22.2 Å². The van der Waals surface area contributed by atoms with Crippen LogP contribution in [0.1, 0.15) is 70.9 Å². The summed E-state index contributed by atoms with van der Waals surface area (Å²) in [6.07, 6.45) is 5.20. The molecule has 0 radical (unpaired) electrons. The monoisotopic (exact) mass is 502 g/mol. The van der Waals surface area contributed by atoms with Crippen LogP contribution in [0, 0.1) is 22.7 Å². The summed E-state index contributed by atoms with van der Waals surface area (Å²) >= 11 is 0. The highest BCUT2D eigenvalue weighted by atomic mass is 32.3. The fourth-order valence-corrected chi connectivity index (χ4v) is 7.83. The summed E-state index contributed by atoms with van der Waals surface area (Å²) in [5.41, 5.74) is -0.0384. The molecule has 0 amide bonds. The Bertz CT molecular complexity index is 1160. The van der Waals surface area contributed by atoms with Crippen molar-refractivity contribution in [3.05, 3.63) is 23.3 Å². The third kappa shape index (κ3) is 4.62. The largest absolute Gasteiger partial charge is 0.716 e. The summed E-state index contributed by atoms with van der Waals surface area (Å²) in [7, 11) is -10.2. The maximum atomic E-state index is 11.4. The highest BCUT2D eigenvalue weighted by Crippen LogP contribution is 2.64. The molecule has 2 aliphatic carbocycles. The smallest absolute Gasteiger partial charge is 0.262 e. The van der Waals surface area contributed by atoms with E-state index in [1.165, 1.54) is 0 Å². The van der Waals surface area contributed by atoms with Crippen LogP contribution < -0.4 is 8.37 Å². The van der Waals surface area contributed by atoms with Crippen LogP contribution in [0.3, 0.4) is 0 Å². The van der Waals surface area contributed by atoms with Crippen LogP contribution in [0.4, 0.5) is 0 Å². The molecule has 1 heterocycles. The van der Waals surface area contributed by atoms with Crippen molar-refractivity contribution in [3.8, 4) is 11.5 Å². The molecule has 1 aromatic rings. The maximum Gasteiger partial charge on any atom is 0.262 e. The van der Waals surface area contributed by atoms with E-state index < -0.39 is 26.4 Å². The molecule has 4 rings (SSSR count). The first kappa shape index (κ1) is 24.7. The third-order valence-electron chi connectivity index (χ3n) is 8.42. The van der Waals surface area contributed by atoms with Crippen molar-refractivity contribution in [2.24, 2.45) is 22.7 Å². The van der Waals surface area contributed by atoms with Crippen molar-refractivity contribution in [3.63, 3.8) is 0 Å². The second-order valence-electron chi connectivity index (χ2n) is 10.8. The second-order valence-corrected chi connectivity index (χ2v) is 12.8. The van der Waals surface area contributed by atoms with Gasteiger partial charge in [0.05, 0.1) is 12.2 Å². The van der Waals surface area contributed by atoms with E-state index in [-0.39, 0.29) is 40.4 Å². The van der Waals surface area contributed by atoms with Gasteiger partial charge in [-0.15, -0.1) is 0 Å². The van der Waals surface area contributed by atoms with Crippen molar-refractivity contribution in [2.75, 3.05) is 0 Å². The molecule has 2 fully saturated rings. The predicted octanol–water partition coefficient (Wildman–Crippen LogP) is 3.44. The van der Waals surface area contributed by atoms with Gasteiger partial charge in [0.15, 0.2) is 0 Å². The molecule has 3 aliphatic rings. The van der Waals surface area contributed by atoms with E-state index >= 15 is 0 Å². The normalized spacial score (nSPS) is 33.8. The predicted molar refractivity (Wildman–Crippen MR) is 116 cm³/mol. The Balaban J connectivity index is 1.87. The number of ether oxygens (including phenoxy) is 1. The Labute approximate surface area is 195 Å². The standard InChI is InChI=1S/C22H32O9S2/c1-20(2)9-5-10-21(3)18(20)8-11-22(4)19(21)12-14-15(13-29-22)17(31-33(26,27)28)7-6-16(14)30-32(23,24)25/h6-7,18-19H,5,8-13H2,1-4H3,(H,23,24,25)(H,26,27,28)/p-2/t18-,19+,21-,22+/m0/s1. The average Bonchev–Trinajstić information content (AvgIpc) is 2.79. The van der Waals surface area contributed by atoms with Gasteiger partial charge in [0, 0.05) is 11.1 Å². The molecule has 2 saturated carbocycles. The molecular weight excluding hydrogens is 472 g/mol. The summed E-state index contributed by atoms with van der Waals surface area (Å²) in [6.45, 7) is 8.75. The minimum Gasteiger partial charge on any atom is -0.716 e. The van der Waals surface area contributed by atoms with Gasteiger partial charge in [-0.1, -0.05) is 27.2 Å². The molecule has 33 heavy (non-hydrogen) atoms. The molecule has 0 bridgehead atoms. The van der Waals surface area contributed by atoms with Gasteiger partial charge >= 0.3 is 0 Å². The number of hydrogen-bond acceptors (Lipinski definition) is 9. The van der Waals surface area contributed by atoms with E-state index in [0.717, 1.165) is 44.2 Å². The lowest BCUT2D eigenvalue weighted by Crippen LogP contribution is -2.58. The minimum atomic E-state index is -5.08. The topological polar surface area (TPSA) is 142 Å². The lowest BCUT2D eigenvalue weighted by molar-refractivity contribution is -0.191. The van der Waals surface area contributed by atoms with Crippen molar-refractivity contribution in [1.29, 1.82) is 0 Å². The zero-order chi connectivity index (χ0) is 24.4. The first-order chi connectivity index (χ1) is 15.0. The average molecular weight is 503 g/mol. The zero-order valence-corrected chi connectivity index (χ0v) is 20.9. The number of fused-ring (bicyclic) bond motifs is 4. The molecule has 9 nitrogen and oxygen atoms in total. The van der Waals surface area contributed by atoms with Gasteiger partial charge in [-0.05, 0) is 73.8 Å². The summed E-state index contributed by atoms with van der Waals surface area (Å²) in [4.78, 5) is 0. The summed E-state index contributed by atoms with van der Waals surface area (Å²) in [5, 5.41) is 0. The Morgan fingerprint density at radius 3 is 2.03 bits per heavy atom. The van der Waals surface area contributed by atoms with Gasteiger partial charge in [-0.2, -0.15) is 0 Å². The quantitative estimate of drug-likeness (QED) is 0.447. The van der Waals surface area contributed by atoms with Gasteiger partial charge in [-0.3, -0.25) is 0 Å². The molecule has 186 valence electrons. The molecule has 1 aromatic carbocycles. The Morgan fingerprint density at radius 1 is 0.879 bits per heavy atom. The highest BCUT2D eigenvalue weighted by molar-refractivity contribution is 7.81. The van der Waals surface area contributed by atoms with Crippen molar-refractivity contribution < 1.29 is 39.0 Å². The Kier molecular flexibility index (Phi) is 5.85. The van der Waals surface area contributed by atoms with Gasteiger partial charge in [0.1, 0.15) is 11.5 Å². The van der Waals surface area contributed by atoms with Crippen LogP contribution in [0.2, 0.25) is 0 Å². The number of rotatable bonds is 4. The summed E-state index contributed by atoms with van der Waals surface area (Å²) < 4.78 is 84.0. The molecular formula is C22H30O9S2-2.